The van der Waals surface area contributed by atoms with Gasteiger partial charge in [-0.3, -0.25) is 4.79 Å². The average molecular weight is 359 g/mol. The van der Waals surface area contributed by atoms with E-state index in [1.165, 1.54) is 0 Å². The largest absolute Gasteiger partial charge is 0.457 e. The van der Waals surface area contributed by atoms with Crippen LogP contribution in [0.15, 0.2) is 0 Å². The van der Waals surface area contributed by atoms with Crippen molar-refractivity contribution in [1.29, 1.82) is 0 Å². The van der Waals surface area contributed by atoms with Gasteiger partial charge >= 0.3 is 18.0 Å². The molecule has 0 aromatic heterocycles. The maximum atomic E-state index is 12.3. The van der Waals surface area contributed by atoms with Crippen LogP contribution in [-0.4, -0.2) is 55.1 Å². The van der Waals surface area contributed by atoms with Gasteiger partial charge in [0, 0.05) is 13.0 Å². The van der Waals surface area contributed by atoms with Crippen molar-refractivity contribution in [1.82, 2.24) is 5.32 Å². The van der Waals surface area contributed by atoms with E-state index in [1.807, 2.05) is 0 Å². The van der Waals surface area contributed by atoms with Gasteiger partial charge in [-0.05, 0) is 27.7 Å². The van der Waals surface area contributed by atoms with Gasteiger partial charge in [-0.15, -0.1) is 0 Å². The normalized spacial score (nSPS) is 25.2. The molecule has 144 valence electrons. The van der Waals surface area contributed by atoms with Gasteiger partial charge in [-0.2, -0.15) is 0 Å². The molecule has 1 heterocycles. The highest BCUT2D eigenvalue weighted by Crippen LogP contribution is 2.14. The molecule has 1 N–H and O–H groups in total. The molecule has 0 aromatic rings. The molecule has 0 radical (unpaired) electrons. The van der Waals surface area contributed by atoms with Crippen molar-refractivity contribution in [3.8, 4) is 0 Å². The van der Waals surface area contributed by atoms with Crippen LogP contribution >= 0.6 is 0 Å². The number of carbonyl (C=O) groups excluding carboxylic acids is 3. The van der Waals surface area contributed by atoms with Crippen LogP contribution in [0.4, 0.5) is 4.79 Å². The number of alkyl carbamates (subject to hydrolysis) is 1. The summed E-state index contributed by atoms with van der Waals surface area (Å²) in [5, 5.41) is 2.49. The Morgan fingerprint density at radius 3 is 2.48 bits per heavy atom. The Labute approximate surface area is 148 Å². The van der Waals surface area contributed by atoms with Crippen molar-refractivity contribution in [3.05, 3.63) is 0 Å². The molecule has 1 amide bonds. The van der Waals surface area contributed by atoms with E-state index in [9.17, 15) is 14.4 Å². The Hall–Kier alpha value is -1.83. The molecule has 0 spiro atoms. The van der Waals surface area contributed by atoms with Crippen LogP contribution in [0.1, 0.15) is 48.0 Å². The lowest BCUT2D eigenvalue weighted by atomic mass is 10.2. The smallest absolute Gasteiger partial charge is 0.408 e. The van der Waals surface area contributed by atoms with Gasteiger partial charge in [0.05, 0.1) is 12.5 Å². The highest BCUT2D eigenvalue weighted by molar-refractivity contribution is 5.81. The summed E-state index contributed by atoms with van der Waals surface area (Å²) in [7, 11) is 0. The van der Waals surface area contributed by atoms with Gasteiger partial charge in [0.15, 0.2) is 6.10 Å². The van der Waals surface area contributed by atoms with Gasteiger partial charge in [0.25, 0.3) is 0 Å². The summed E-state index contributed by atoms with van der Waals surface area (Å²) >= 11 is 0. The Bertz CT molecular complexity index is 484. The van der Waals surface area contributed by atoms with Crippen molar-refractivity contribution in [2.24, 2.45) is 5.92 Å². The van der Waals surface area contributed by atoms with Crippen LogP contribution in [0.3, 0.4) is 0 Å². The molecule has 3 atom stereocenters. The van der Waals surface area contributed by atoms with Gasteiger partial charge < -0.3 is 24.3 Å². The average Bonchev–Trinajstić information content (AvgIpc) is 2.50. The molecule has 0 bridgehead atoms. The summed E-state index contributed by atoms with van der Waals surface area (Å²) in [6, 6.07) is -0.892. The standard InChI is InChI=1S/C17H29NO7/c1-10(2)14(19)24-13-9-22-8-7-12(15(20)23-11(13)3)18-16(21)25-17(4,5)6/h10-13H,7-9H2,1-6H3,(H,18,21)/t11-,12-,13+/m0/s1. The minimum atomic E-state index is -0.892. The lowest BCUT2D eigenvalue weighted by molar-refractivity contribution is -0.172. The third-order valence-electron chi connectivity index (χ3n) is 3.37. The molecular weight excluding hydrogens is 330 g/mol. The van der Waals surface area contributed by atoms with Crippen molar-refractivity contribution < 1.29 is 33.3 Å². The molecule has 1 fully saturated rings. The van der Waals surface area contributed by atoms with Crippen LogP contribution in [0, 0.1) is 5.92 Å². The minimum absolute atomic E-state index is 0.117. The maximum absolute atomic E-state index is 12.3. The van der Waals surface area contributed by atoms with Crippen molar-refractivity contribution in [2.45, 2.75) is 71.8 Å². The number of cyclic esters (lactones) is 1. The monoisotopic (exact) mass is 359 g/mol. The van der Waals surface area contributed by atoms with Gasteiger partial charge in [-0.25, -0.2) is 9.59 Å². The molecule has 0 saturated carbocycles. The third-order valence-corrected chi connectivity index (χ3v) is 3.37. The summed E-state index contributed by atoms with van der Waals surface area (Å²) in [6.07, 6.45) is -1.87. The number of hydrogen-bond acceptors (Lipinski definition) is 7. The number of rotatable bonds is 3. The number of nitrogens with one attached hydrogen (secondary N) is 1. The second kappa shape index (κ2) is 9.03. The SMILES string of the molecule is CC(C)C(=O)O[C@@H]1COCC[C@H](NC(=O)OC(C)(C)C)C(=O)O[C@H]1C. The first-order chi connectivity index (χ1) is 11.5. The predicted octanol–water partition coefficient (Wildman–Crippen LogP) is 1.80. The molecule has 1 rings (SSSR count). The van der Waals surface area contributed by atoms with E-state index < -0.39 is 35.9 Å². The Morgan fingerprint density at radius 2 is 1.92 bits per heavy atom. The van der Waals surface area contributed by atoms with Crippen LogP contribution < -0.4 is 5.32 Å². The molecule has 8 nitrogen and oxygen atoms in total. The first kappa shape index (κ1) is 21.2. The lowest BCUT2D eigenvalue weighted by Crippen LogP contribution is -2.46. The zero-order chi connectivity index (χ0) is 19.2. The zero-order valence-corrected chi connectivity index (χ0v) is 15.8. The van der Waals surface area contributed by atoms with Crippen molar-refractivity contribution >= 4 is 18.0 Å². The van der Waals surface area contributed by atoms with E-state index in [4.69, 9.17) is 18.9 Å². The number of hydrogen-bond donors (Lipinski definition) is 1. The van der Waals surface area contributed by atoms with E-state index in [2.05, 4.69) is 5.32 Å². The van der Waals surface area contributed by atoms with E-state index >= 15 is 0 Å². The molecule has 8 heteroatoms. The second-order valence-electron chi connectivity index (χ2n) is 7.33. The predicted molar refractivity (Wildman–Crippen MR) is 88.9 cm³/mol. The van der Waals surface area contributed by atoms with Gasteiger partial charge in [0.1, 0.15) is 17.7 Å². The molecular formula is C17H29NO7. The summed E-state index contributed by atoms with van der Waals surface area (Å²) in [4.78, 5) is 36.0. The molecule has 25 heavy (non-hydrogen) atoms. The van der Waals surface area contributed by atoms with Gasteiger partial charge in [0.2, 0.25) is 0 Å². The van der Waals surface area contributed by atoms with E-state index in [0.29, 0.717) is 0 Å². The molecule has 0 aliphatic carbocycles. The summed E-state index contributed by atoms with van der Waals surface area (Å²) in [5.41, 5.74) is -0.674. The first-order valence-electron chi connectivity index (χ1n) is 8.48. The number of carbonyl (C=O) groups is 3. The summed E-state index contributed by atoms with van der Waals surface area (Å²) < 4.78 is 21.3. The fourth-order valence-corrected chi connectivity index (χ4v) is 1.99. The fourth-order valence-electron chi connectivity index (χ4n) is 1.99. The molecule has 0 unspecified atom stereocenters. The zero-order valence-electron chi connectivity index (χ0n) is 15.8. The van der Waals surface area contributed by atoms with Crippen LogP contribution in [-0.2, 0) is 28.5 Å². The Morgan fingerprint density at radius 1 is 1.28 bits per heavy atom. The van der Waals surface area contributed by atoms with Crippen LogP contribution in [0.2, 0.25) is 0 Å². The summed E-state index contributed by atoms with van der Waals surface area (Å²) in [6.45, 7) is 10.6. The van der Waals surface area contributed by atoms with Crippen LogP contribution in [0.25, 0.3) is 0 Å². The van der Waals surface area contributed by atoms with Gasteiger partial charge in [-0.1, -0.05) is 13.8 Å². The number of ether oxygens (including phenoxy) is 4. The fraction of sp³-hybridized carbons (Fsp3) is 0.824. The highest BCUT2D eigenvalue weighted by Gasteiger charge is 2.32. The first-order valence-corrected chi connectivity index (χ1v) is 8.48. The van der Waals surface area contributed by atoms with Crippen molar-refractivity contribution in [3.63, 3.8) is 0 Å². The molecule has 1 aliphatic heterocycles. The molecule has 0 aromatic carbocycles. The quantitative estimate of drug-likeness (QED) is 0.606. The second-order valence-corrected chi connectivity index (χ2v) is 7.33. The lowest BCUT2D eigenvalue weighted by Gasteiger charge is -2.25. The third kappa shape index (κ3) is 7.72. The van der Waals surface area contributed by atoms with E-state index in [1.54, 1.807) is 41.5 Å². The molecule has 1 saturated heterocycles. The number of amides is 1. The van der Waals surface area contributed by atoms with Crippen molar-refractivity contribution in [2.75, 3.05) is 13.2 Å². The molecule has 1 aliphatic rings. The van der Waals surface area contributed by atoms with E-state index in [0.717, 1.165) is 0 Å². The topological polar surface area (TPSA) is 100 Å². The van der Waals surface area contributed by atoms with Crippen LogP contribution in [0.5, 0.6) is 0 Å². The number of esters is 2. The minimum Gasteiger partial charge on any atom is -0.457 e. The maximum Gasteiger partial charge on any atom is 0.408 e. The highest BCUT2D eigenvalue weighted by atomic mass is 16.6. The summed E-state index contributed by atoms with van der Waals surface area (Å²) in [5.74, 6) is -1.30. The van der Waals surface area contributed by atoms with E-state index in [-0.39, 0.29) is 31.5 Å². The Balaban J connectivity index is 2.70. The Kier molecular flexibility index (Phi) is 7.66.